The molecule has 6 nitrogen and oxygen atoms in total. The number of nitrogens with zero attached hydrogens (tertiary/aromatic N) is 4. The molecule has 0 bridgehead atoms. The molecule has 0 atom stereocenters. The Kier molecular flexibility index (Phi) is 4.52. The van der Waals surface area contributed by atoms with Crippen molar-refractivity contribution in [1.82, 2.24) is 25.0 Å². The van der Waals surface area contributed by atoms with Gasteiger partial charge in [0.05, 0.1) is 0 Å². The molecule has 0 radical (unpaired) electrons. The molecular weight excluding hydrogens is 323 g/mol. The third kappa shape index (κ3) is 3.73. The molecule has 24 heavy (non-hydrogen) atoms. The summed E-state index contributed by atoms with van der Waals surface area (Å²) in [4.78, 5) is 20.0. The van der Waals surface area contributed by atoms with E-state index < -0.39 is 17.8 Å². The van der Waals surface area contributed by atoms with E-state index in [2.05, 4.69) is 15.0 Å². The summed E-state index contributed by atoms with van der Waals surface area (Å²) in [6.07, 6.45) is -1.03. The summed E-state index contributed by atoms with van der Waals surface area (Å²) in [5.41, 5.74) is -0.136. The third-order valence-corrected chi connectivity index (χ3v) is 3.89. The molecule has 1 fully saturated rings. The maximum atomic E-state index is 12.6. The zero-order valence-corrected chi connectivity index (χ0v) is 12.8. The Bertz CT molecular complexity index is 693. The van der Waals surface area contributed by atoms with E-state index in [1.54, 1.807) is 12.4 Å². The maximum Gasteiger partial charge on any atom is 0.432 e. The largest absolute Gasteiger partial charge is 0.432 e. The predicted molar refractivity (Wildman–Crippen MR) is 79.0 cm³/mol. The van der Waals surface area contributed by atoms with E-state index in [0.717, 1.165) is 18.2 Å². The van der Waals surface area contributed by atoms with Gasteiger partial charge in [-0.2, -0.15) is 18.3 Å². The Balaban J connectivity index is 1.56. The number of amides is 1. The fraction of sp³-hybridized carbons (Fsp3) is 0.400. The fourth-order valence-electron chi connectivity index (χ4n) is 2.60. The van der Waals surface area contributed by atoms with Gasteiger partial charge in [-0.15, -0.1) is 0 Å². The summed E-state index contributed by atoms with van der Waals surface area (Å²) in [7, 11) is 0. The van der Waals surface area contributed by atoms with Crippen molar-refractivity contribution in [3.05, 3.63) is 47.5 Å². The first kappa shape index (κ1) is 16.4. The quantitative estimate of drug-likeness (QED) is 0.926. The molecule has 0 aromatic carbocycles. The SMILES string of the molecule is O=C(c1cc(C(F)(F)F)[nH]n1)N1CCN(Cc2cccnc2)CC1. The number of halogens is 3. The Hall–Kier alpha value is -2.42. The summed E-state index contributed by atoms with van der Waals surface area (Å²) in [6, 6.07) is 4.60. The first-order chi connectivity index (χ1) is 11.4. The lowest BCUT2D eigenvalue weighted by Gasteiger charge is -2.34. The van der Waals surface area contributed by atoms with Crippen molar-refractivity contribution in [3.8, 4) is 0 Å². The number of alkyl halides is 3. The third-order valence-electron chi connectivity index (χ3n) is 3.89. The minimum Gasteiger partial charge on any atom is -0.335 e. The number of carbonyl (C=O) groups is 1. The van der Waals surface area contributed by atoms with Crippen LogP contribution in [-0.2, 0) is 12.7 Å². The topological polar surface area (TPSA) is 65.1 Å². The molecule has 3 rings (SSSR count). The lowest BCUT2D eigenvalue weighted by Crippen LogP contribution is -2.48. The van der Waals surface area contributed by atoms with Crippen LogP contribution >= 0.6 is 0 Å². The average molecular weight is 339 g/mol. The van der Waals surface area contributed by atoms with E-state index in [4.69, 9.17) is 0 Å². The van der Waals surface area contributed by atoms with Gasteiger partial charge in [0.2, 0.25) is 0 Å². The van der Waals surface area contributed by atoms with Gasteiger partial charge in [0.15, 0.2) is 5.69 Å². The zero-order valence-electron chi connectivity index (χ0n) is 12.8. The van der Waals surface area contributed by atoms with Crippen molar-refractivity contribution >= 4 is 5.91 Å². The Morgan fingerprint density at radius 2 is 2.00 bits per heavy atom. The monoisotopic (exact) mass is 339 g/mol. The second-order valence-electron chi connectivity index (χ2n) is 5.59. The first-order valence-corrected chi connectivity index (χ1v) is 7.46. The molecule has 1 amide bonds. The molecule has 2 aromatic rings. The van der Waals surface area contributed by atoms with E-state index in [9.17, 15) is 18.0 Å². The highest BCUT2D eigenvalue weighted by Crippen LogP contribution is 2.28. The highest BCUT2D eigenvalue weighted by molar-refractivity contribution is 5.92. The van der Waals surface area contributed by atoms with Crippen LogP contribution in [0.25, 0.3) is 0 Å². The molecule has 3 heterocycles. The second kappa shape index (κ2) is 6.60. The molecule has 1 aliphatic heterocycles. The number of aromatic amines is 1. The standard InChI is InChI=1S/C15H16F3N5O/c16-15(17,18)13-8-12(20-21-13)14(24)23-6-4-22(5-7-23)10-11-2-1-3-19-9-11/h1-3,8-9H,4-7,10H2,(H,20,21). The van der Waals surface area contributed by atoms with Crippen LogP contribution in [0.5, 0.6) is 0 Å². The molecule has 9 heteroatoms. The summed E-state index contributed by atoms with van der Waals surface area (Å²) >= 11 is 0. The normalized spacial score (nSPS) is 16.4. The van der Waals surface area contributed by atoms with Crippen molar-refractivity contribution in [2.24, 2.45) is 0 Å². The molecule has 0 unspecified atom stereocenters. The van der Waals surface area contributed by atoms with Gasteiger partial charge < -0.3 is 4.90 Å². The summed E-state index contributed by atoms with van der Waals surface area (Å²) in [5, 5.41) is 5.35. The van der Waals surface area contributed by atoms with E-state index in [0.29, 0.717) is 26.2 Å². The van der Waals surface area contributed by atoms with Crippen LogP contribution in [0.2, 0.25) is 0 Å². The van der Waals surface area contributed by atoms with E-state index in [1.165, 1.54) is 4.90 Å². The molecule has 0 spiro atoms. The van der Waals surface area contributed by atoms with Crippen LogP contribution in [0, 0.1) is 0 Å². The van der Waals surface area contributed by atoms with Crippen molar-refractivity contribution in [3.63, 3.8) is 0 Å². The number of rotatable bonds is 3. The number of hydrogen-bond donors (Lipinski definition) is 1. The van der Waals surface area contributed by atoms with Gasteiger partial charge in [-0.1, -0.05) is 6.07 Å². The molecular formula is C15H16F3N5O. The number of H-pyrrole nitrogens is 1. The van der Waals surface area contributed by atoms with E-state index in [1.807, 2.05) is 17.2 Å². The summed E-state index contributed by atoms with van der Waals surface area (Å²) in [5.74, 6) is -0.484. The number of nitrogens with one attached hydrogen (secondary N) is 1. The van der Waals surface area contributed by atoms with Gasteiger partial charge >= 0.3 is 6.18 Å². The van der Waals surface area contributed by atoms with Gasteiger partial charge in [-0.25, -0.2) is 0 Å². The van der Waals surface area contributed by atoms with Crippen LogP contribution in [0.4, 0.5) is 13.2 Å². The highest BCUT2D eigenvalue weighted by Gasteiger charge is 2.34. The van der Waals surface area contributed by atoms with Gasteiger partial charge in [0, 0.05) is 51.2 Å². The Morgan fingerprint density at radius 3 is 2.58 bits per heavy atom. The fourth-order valence-corrected chi connectivity index (χ4v) is 2.60. The molecule has 1 N–H and O–H groups in total. The summed E-state index contributed by atoms with van der Waals surface area (Å²) in [6.45, 7) is 2.94. The molecule has 0 aliphatic carbocycles. The van der Waals surface area contributed by atoms with Crippen LogP contribution in [0.15, 0.2) is 30.6 Å². The van der Waals surface area contributed by atoms with Crippen LogP contribution < -0.4 is 0 Å². The summed E-state index contributed by atoms with van der Waals surface area (Å²) < 4.78 is 37.7. The second-order valence-corrected chi connectivity index (χ2v) is 5.59. The average Bonchev–Trinajstić information content (AvgIpc) is 3.06. The number of aromatic nitrogens is 3. The van der Waals surface area contributed by atoms with Gasteiger partial charge in [0.25, 0.3) is 5.91 Å². The molecule has 1 aliphatic rings. The van der Waals surface area contributed by atoms with Crippen molar-refractivity contribution < 1.29 is 18.0 Å². The Labute approximate surface area is 136 Å². The highest BCUT2D eigenvalue weighted by atomic mass is 19.4. The van der Waals surface area contributed by atoms with Crippen molar-refractivity contribution in [2.45, 2.75) is 12.7 Å². The van der Waals surface area contributed by atoms with Crippen molar-refractivity contribution in [2.75, 3.05) is 26.2 Å². The van der Waals surface area contributed by atoms with Gasteiger partial charge in [0.1, 0.15) is 5.69 Å². The molecule has 1 saturated heterocycles. The molecule has 0 saturated carbocycles. The lowest BCUT2D eigenvalue weighted by molar-refractivity contribution is -0.141. The van der Waals surface area contributed by atoms with Gasteiger partial charge in [-0.05, 0) is 11.6 Å². The van der Waals surface area contributed by atoms with E-state index in [-0.39, 0.29) is 5.69 Å². The van der Waals surface area contributed by atoms with Crippen LogP contribution in [0.1, 0.15) is 21.7 Å². The molecule has 128 valence electrons. The molecule has 2 aromatic heterocycles. The van der Waals surface area contributed by atoms with Gasteiger partial charge in [-0.3, -0.25) is 19.8 Å². The van der Waals surface area contributed by atoms with E-state index >= 15 is 0 Å². The zero-order chi connectivity index (χ0) is 17.2. The first-order valence-electron chi connectivity index (χ1n) is 7.46. The number of carbonyl (C=O) groups excluding carboxylic acids is 1. The van der Waals surface area contributed by atoms with Crippen molar-refractivity contribution in [1.29, 1.82) is 0 Å². The number of pyridine rings is 1. The number of hydrogen-bond acceptors (Lipinski definition) is 4. The predicted octanol–water partition coefficient (Wildman–Crippen LogP) is 1.78. The maximum absolute atomic E-state index is 12.6. The number of piperazine rings is 1. The smallest absolute Gasteiger partial charge is 0.335 e. The van der Waals surface area contributed by atoms with Crippen LogP contribution in [0.3, 0.4) is 0 Å². The Morgan fingerprint density at radius 1 is 1.25 bits per heavy atom. The minimum atomic E-state index is -4.53. The minimum absolute atomic E-state index is 0.206. The lowest BCUT2D eigenvalue weighted by atomic mass is 10.2. The van der Waals surface area contributed by atoms with Crippen LogP contribution in [-0.4, -0.2) is 57.1 Å².